The third-order valence-electron chi connectivity index (χ3n) is 3.15. The van der Waals surface area contributed by atoms with E-state index in [2.05, 4.69) is 10.6 Å². The van der Waals surface area contributed by atoms with Crippen molar-refractivity contribution in [3.8, 4) is 6.07 Å². The number of benzene rings is 2. The van der Waals surface area contributed by atoms with Crippen LogP contribution < -0.4 is 10.6 Å². The summed E-state index contributed by atoms with van der Waals surface area (Å²) in [5.41, 5.74) is 0.608. The Morgan fingerprint density at radius 2 is 2.00 bits per heavy atom. The number of nitro benzene ring substituents is 1. The minimum absolute atomic E-state index is 0.172. The molecule has 0 aromatic heterocycles. The Labute approximate surface area is 142 Å². The van der Waals surface area contributed by atoms with Crippen LogP contribution in [0.3, 0.4) is 0 Å². The summed E-state index contributed by atoms with van der Waals surface area (Å²) in [5.74, 6) is -1.05. The highest BCUT2D eigenvalue weighted by molar-refractivity contribution is 6.06. The highest BCUT2D eigenvalue weighted by Gasteiger charge is 2.11. The molecule has 2 rings (SSSR count). The fraction of sp³-hybridized carbons (Fsp3) is 0.0588. The van der Waals surface area contributed by atoms with Gasteiger partial charge in [0, 0.05) is 30.6 Å². The van der Waals surface area contributed by atoms with E-state index in [0.717, 1.165) is 5.56 Å². The standard InChI is InChI=1S/C17H13FN4O3/c18-14-6-4-12(5-7-14)10-20-11-13(9-19)17(23)21-15-2-1-3-16(8-15)22(24)25/h1-8,11,20H,10H2,(H,21,23)/b13-11-. The second-order valence-corrected chi connectivity index (χ2v) is 4.94. The molecule has 7 nitrogen and oxygen atoms in total. The van der Waals surface area contributed by atoms with Crippen LogP contribution >= 0.6 is 0 Å². The van der Waals surface area contributed by atoms with Gasteiger partial charge in [-0.2, -0.15) is 5.26 Å². The molecule has 0 unspecified atom stereocenters. The minimum Gasteiger partial charge on any atom is -0.386 e. The highest BCUT2D eigenvalue weighted by Crippen LogP contribution is 2.17. The van der Waals surface area contributed by atoms with Crippen LogP contribution in [0.15, 0.2) is 60.3 Å². The van der Waals surface area contributed by atoms with Crippen molar-refractivity contribution >= 4 is 17.3 Å². The summed E-state index contributed by atoms with van der Waals surface area (Å²) < 4.78 is 12.8. The number of rotatable bonds is 6. The summed E-state index contributed by atoms with van der Waals surface area (Å²) in [5, 5.41) is 25.0. The molecule has 2 N–H and O–H groups in total. The first-order valence-corrected chi connectivity index (χ1v) is 7.13. The Balaban J connectivity index is 2.00. The molecule has 126 valence electrons. The summed E-state index contributed by atoms with van der Waals surface area (Å²) >= 11 is 0. The second-order valence-electron chi connectivity index (χ2n) is 4.94. The van der Waals surface area contributed by atoms with E-state index in [1.165, 1.54) is 42.6 Å². The molecule has 1 amide bonds. The van der Waals surface area contributed by atoms with Gasteiger partial charge in [0.15, 0.2) is 0 Å². The van der Waals surface area contributed by atoms with Crippen molar-refractivity contribution in [2.75, 3.05) is 5.32 Å². The van der Waals surface area contributed by atoms with Gasteiger partial charge in [0.05, 0.1) is 4.92 Å². The molecule has 0 saturated carbocycles. The Hall–Kier alpha value is -3.73. The predicted molar refractivity (Wildman–Crippen MR) is 88.7 cm³/mol. The molecular formula is C17H13FN4O3. The van der Waals surface area contributed by atoms with Crippen LogP contribution in [-0.2, 0) is 11.3 Å². The number of amides is 1. The fourth-order valence-corrected chi connectivity index (χ4v) is 1.92. The van der Waals surface area contributed by atoms with E-state index in [4.69, 9.17) is 5.26 Å². The van der Waals surface area contributed by atoms with Gasteiger partial charge < -0.3 is 10.6 Å². The number of nitrogens with one attached hydrogen (secondary N) is 2. The molecule has 0 atom stereocenters. The van der Waals surface area contributed by atoms with E-state index >= 15 is 0 Å². The Kier molecular flexibility index (Phi) is 5.79. The zero-order valence-electron chi connectivity index (χ0n) is 12.9. The molecule has 0 aliphatic heterocycles. The summed E-state index contributed by atoms with van der Waals surface area (Å²) in [6, 6.07) is 12.9. The van der Waals surface area contributed by atoms with Gasteiger partial charge in [0.1, 0.15) is 17.5 Å². The number of nitrogens with zero attached hydrogens (tertiary/aromatic N) is 2. The molecule has 0 aliphatic rings. The molecule has 8 heteroatoms. The normalized spacial score (nSPS) is 10.6. The van der Waals surface area contributed by atoms with Gasteiger partial charge in [-0.15, -0.1) is 0 Å². The van der Waals surface area contributed by atoms with E-state index in [0.29, 0.717) is 6.54 Å². The lowest BCUT2D eigenvalue weighted by atomic mass is 10.2. The Morgan fingerprint density at radius 3 is 2.64 bits per heavy atom. The van der Waals surface area contributed by atoms with Crippen LogP contribution in [0.25, 0.3) is 0 Å². The number of hydrogen-bond donors (Lipinski definition) is 2. The van der Waals surface area contributed by atoms with Crippen molar-refractivity contribution in [2.24, 2.45) is 0 Å². The lowest BCUT2D eigenvalue weighted by molar-refractivity contribution is -0.384. The van der Waals surface area contributed by atoms with E-state index in [-0.39, 0.29) is 22.8 Å². The number of carbonyl (C=O) groups is 1. The first-order chi connectivity index (χ1) is 12.0. The van der Waals surface area contributed by atoms with Crippen molar-refractivity contribution in [2.45, 2.75) is 6.54 Å². The van der Waals surface area contributed by atoms with Crippen molar-refractivity contribution in [1.29, 1.82) is 5.26 Å². The molecule has 2 aromatic carbocycles. The molecule has 2 aromatic rings. The van der Waals surface area contributed by atoms with Crippen molar-refractivity contribution < 1.29 is 14.1 Å². The van der Waals surface area contributed by atoms with E-state index < -0.39 is 10.8 Å². The molecule has 25 heavy (non-hydrogen) atoms. The summed E-state index contributed by atoms with van der Waals surface area (Å²) in [4.78, 5) is 22.2. The maximum atomic E-state index is 12.8. The van der Waals surface area contributed by atoms with Gasteiger partial charge >= 0.3 is 0 Å². The van der Waals surface area contributed by atoms with Crippen molar-refractivity contribution in [3.63, 3.8) is 0 Å². The first kappa shape index (κ1) is 17.6. The smallest absolute Gasteiger partial charge is 0.271 e. The van der Waals surface area contributed by atoms with Gasteiger partial charge in [-0.3, -0.25) is 14.9 Å². The number of non-ortho nitro benzene ring substituents is 1. The minimum atomic E-state index is -0.699. The van der Waals surface area contributed by atoms with Gasteiger partial charge in [-0.05, 0) is 23.8 Å². The maximum absolute atomic E-state index is 12.8. The van der Waals surface area contributed by atoms with Crippen LogP contribution in [-0.4, -0.2) is 10.8 Å². The number of halogens is 1. The summed E-state index contributed by atoms with van der Waals surface area (Å²) in [7, 11) is 0. The highest BCUT2D eigenvalue weighted by atomic mass is 19.1. The third kappa shape index (κ3) is 5.14. The number of nitro groups is 1. The van der Waals surface area contributed by atoms with E-state index in [9.17, 15) is 19.3 Å². The largest absolute Gasteiger partial charge is 0.386 e. The van der Waals surface area contributed by atoms with Gasteiger partial charge in [-0.25, -0.2) is 4.39 Å². The zero-order chi connectivity index (χ0) is 18.2. The average Bonchev–Trinajstić information content (AvgIpc) is 2.60. The topological polar surface area (TPSA) is 108 Å². The van der Waals surface area contributed by atoms with Crippen LogP contribution in [0.5, 0.6) is 0 Å². The van der Waals surface area contributed by atoms with Gasteiger partial charge in [0.25, 0.3) is 11.6 Å². The van der Waals surface area contributed by atoms with Crippen molar-refractivity contribution in [3.05, 3.63) is 81.8 Å². The molecule has 0 saturated heterocycles. The summed E-state index contributed by atoms with van der Waals surface area (Å²) in [6.45, 7) is 0.301. The molecular weight excluding hydrogens is 327 g/mol. The quantitative estimate of drug-likeness (QED) is 0.364. The Morgan fingerprint density at radius 1 is 1.28 bits per heavy atom. The van der Waals surface area contributed by atoms with Crippen LogP contribution in [0, 0.1) is 27.3 Å². The zero-order valence-corrected chi connectivity index (χ0v) is 12.9. The Bertz CT molecular complexity index is 857. The first-order valence-electron chi connectivity index (χ1n) is 7.13. The SMILES string of the molecule is N#C/C(=C/NCc1ccc(F)cc1)C(=O)Nc1cccc([N+](=O)[O-])c1. The molecule has 0 aliphatic carbocycles. The molecule has 0 fully saturated rings. The summed E-state index contributed by atoms with van der Waals surface area (Å²) in [6.07, 6.45) is 1.23. The predicted octanol–water partition coefficient (Wildman–Crippen LogP) is 2.87. The van der Waals surface area contributed by atoms with Crippen LogP contribution in [0.4, 0.5) is 15.8 Å². The lowest BCUT2D eigenvalue weighted by Gasteiger charge is -2.05. The molecule has 0 spiro atoms. The number of nitriles is 1. The third-order valence-corrected chi connectivity index (χ3v) is 3.15. The van der Waals surface area contributed by atoms with E-state index in [1.54, 1.807) is 18.2 Å². The fourth-order valence-electron chi connectivity index (χ4n) is 1.92. The lowest BCUT2D eigenvalue weighted by Crippen LogP contribution is -2.16. The van der Waals surface area contributed by atoms with Crippen molar-refractivity contribution in [1.82, 2.24) is 5.32 Å². The maximum Gasteiger partial charge on any atom is 0.271 e. The molecule has 0 bridgehead atoms. The van der Waals surface area contributed by atoms with Crippen LogP contribution in [0.1, 0.15) is 5.56 Å². The number of carbonyl (C=O) groups excluding carboxylic acids is 1. The second kappa shape index (κ2) is 8.21. The monoisotopic (exact) mass is 340 g/mol. The number of hydrogen-bond acceptors (Lipinski definition) is 5. The van der Waals surface area contributed by atoms with Gasteiger partial charge in [0.2, 0.25) is 0 Å². The number of anilines is 1. The molecule has 0 heterocycles. The average molecular weight is 340 g/mol. The molecule has 0 radical (unpaired) electrons. The van der Waals surface area contributed by atoms with Gasteiger partial charge in [-0.1, -0.05) is 18.2 Å². The van der Waals surface area contributed by atoms with E-state index in [1.807, 2.05) is 0 Å². The van der Waals surface area contributed by atoms with Crippen LogP contribution in [0.2, 0.25) is 0 Å².